The molecular formula is C16H23NO2. The van der Waals surface area contributed by atoms with E-state index in [1.165, 1.54) is 5.56 Å². The van der Waals surface area contributed by atoms with Crippen molar-refractivity contribution in [1.29, 1.82) is 0 Å². The van der Waals surface area contributed by atoms with Gasteiger partial charge in [-0.15, -0.1) is 0 Å². The van der Waals surface area contributed by atoms with E-state index in [1.807, 2.05) is 6.07 Å². The molecule has 3 rings (SSSR count). The first-order chi connectivity index (χ1) is 9.13. The first-order valence-electron chi connectivity index (χ1n) is 7.37. The quantitative estimate of drug-likeness (QED) is 0.765. The Hall–Kier alpha value is -1.06. The molecule has 0 spiro atoms. The summed E-state index contributed by atoms with van der Waals surface area (Å²) in [6.45, 7) is 0.552. The highest BCUT2D eigenvalue weighted by atomic mass is 16.3. The molecule has 0 aliphatic heterocycles. The van der Waals surface area contributed by atoms with Gasteiger partial charge in [0.25, 0.3) is 0 Å². The Labute approximate surface area is 114 Å². The van der Waals surface area contributed by atoms with Gasteiger partial charge in [0.1, 0.15) is 5.75 Å². The molecule has 2 aliphatic carbocycles. The number of rotatable bonds is 2. The number of benzene rings is 1. The van der Waals surface area contributed by atoms with E-state index in [1.54, 1.807) is 6.07 Å². The predicted octanol–water partition coefficient (Wildman–Crippen LogP) is 2.23. The molecule has 1 aromatic rings. The Bertz CT molecular complexity index is 484. The highest BCUT2D eigenvalue weighted by molar-refractivity contribution is 5.49. The lowest BCUT2D eigenvalue weighted by Gasteiger charge is -2.54. The first kappa shape index (κ1) is 12.9. The van der Waals surface area contributed by atoms with Crippen molar-refractivity contribution in [3.8, 4) is 5.75 Å². The molecule has 104 valence electrons. The standard InChI is InChI=1S/C16H23NO2/c17-11-10-15-7-1-2-8-16(15,19)9-6-12-4-3-5-13(18)14(12)15/h3-5,18-19H,1-2,6-11,17H2. The molecule has 3 nitrogen and oxygen atoms in total. The van der Waals surface area contributed by atoms with Crippen LogP contribution in [0.4, 0.5) is 0 Å². The number of hydrogen-bond donors (Lipinski definition) is 3. The number of hydrogen-bond acceptors (Lipinski definition) is 3. The van der Waals surface area contributed by atoms with Crippen LogP contribution in [0.2, 0.25) is 0 Å². The normalized spacial score (nSPS) is 33.6. The molecule has 0 aromatic heterocycles. The molecule has 0 saturated heterocycles. The molecule has 0 bridgehead atoms. The molecule has 1 fully saturated rings. The van der Waals surface area contributed by atoms with E-state index in [0.717, 1.165) is 50.5 Å². The minimum absolute atomic E-state index is 0.334. The van der Waals surface area contributed by atoms with Crippen molar-refractivity contribution in [3.63, 3.8) is 0 Å². The summed E-state index contributed by atoms with van der Waals surface area (Å²) in [5, 5.41) is 21.5. The third-order valence-electron chi connectivity index (χ3n) is 5.32. The van der Waals surface area contributed by atoms with Crippen molar-refractivity contribution in [2.24, 2.45) is 5.73 Å². The summed E-state index contributed by atoms with van der Waals surface area (Å²) in [4.78, 5) is 0. The SMILES string of the molecule is NCCC12CCCCC1(O)CCc1cccc(O)c12. The Morgan fingerprint density at radius 3 is 2.74 bits per heavy atom. The molecule has 1 aromatic carbocycles. The lowest BCUT2D eigenvalue weighted by molar-refractivity contribution is -0.0870. The van der Waals surface area contributed by atoms with Crippen LogP contribution in [0.1, 0.15) is 49.7 Å². The van der Waals surface area contributed by atoms with Crippen LogP contribution in [-0.2, 0) is 11.8 Å². The Kier molecular flexibility index (Phi) is 3.06. The van der Waals surface area contributed by atoms with Gasteiger partial charge in [-0.3, -0.25) is 0 Å². The van der Waals surface area contributed by atoms with Gasteiger partial charge in [-0.25, -0.2) is 0 Å². The van der Waals surface area contributed by atoms with Gasteiger partial charge >= 0.3 is 0 Å². The van der Waals surface area contributed by atoms with Crippen LogP contribution in [0.3, 0.4) is 0 Å². The highest BCUT2D eigenvalue weighted by Crippen LogP contribution is 2.56. The lowest BCUT2D eigenvalue weighted by atomic mass is 9.53. The smallest absolute Gasteiger partial charge is 0.119 e. The predicted molar refractivity (Wildman–Crippen MR) is 75.2 cm³/mol. The maximum absolute atomic E-state index is 11.2. The molecule has 19 heavy (non-hydrogen) atoms. The zero-order valence-electron chi connectivity index (χ0n) is 11.4. The zero-order valence-corrected chi connectivity index (χ0v) is 11.4. The van der Waals surface area contributed by atoms with Gasteiger partial charge in [-0.2, -0.15) is 0 Å². The average Bonchev–Trinajstić information content (AvgIpc) is 2.40. The maximum atomic E-state index is 11.2. The summed E-state index contributed by atoms with van der Waals surface area (Å²) in [6, 6.07) is 5.73. The van der Waals surface area contributed by atoms with Gasteiger partial charge in [0.15, 0.2) is 0 Å². The van der Waals surface area contributed by atoms with E-state index in [4.69, 9.17) is 5.73 Å². The average molecular weight is 261 g/mol. The van der Waals surface area contributed by atoms with E-state index >= 15 is 0 Å². The van der Waals surface area contributed by atoms with Crippen molar-refractivity contribution >= 4 is 0 Å². The molecule has 2 unspecified atom stereocenters. The second-order valence-corrected chi connectivity index (χ2v) is 6.17. The largest absolute Gasteiger partial charge is 0.508 e. The topological polar surface area (TPSA) is 66.5 Å². The zero-order chi connectivity index (χ0) is 13.5. The van der Waals surface area contributed by atoms with E-state index in [2.05, 4.69) is 6.07 Å². The van der Waals surface area contributed by atoms with Crippen molar-refractivity contribution in [3.05, 3.63) is 29.3 Å². The van der Waals surface area contributed by atoms with Gasteiger partial charge < -0.3 is 15.9 Å². The molecule has 2 atom stereocenters. The van der Waals surface area contributed by atoms with Crippen LogP contribution in [0.15, 0.2) is 18.2 Å². The Morgan fingerprint density at radius 2 is 1.95 bits per heavy atom. The fourth-order valence-electron chi connectivity index (χ4n) is 4.46. The fourth-order valence-corrected chi connectivity index (χ4v) is 4.46. The van der Waals surface area contributed by atoms with E-state index in [0.29, 0.717) is 12.3 Å². The number of aliphatic hydroxyl groups is 1. The number of aryl methyl sites for hydroxylation is 1. The molecule has 0 amide bonds. The van der Waals surface area contributed by atoms with Crippen LogP contribution < -0.4 is 5.73 Å². The van der Waals surface area contributed by atoms with Crippen LogP contribution in [-0.4, -0.2) is 22.4 Å². The first-order valence-corrected chi connectivity index (χ1v) is 7.37. The van der Waals surface area contributed by atoms with Crippen LogP contribution >= 0.6 is 0 Å². The summed E-state index contributed by atoms with van der Waals surface area (Å²) in [5.41, 5.74) is 6.99. The monoisotopic (exact) mass is 261 g/mol. The van der Waals surface area contributed by atoms with E-state index < -0.39 is 5.60 Å². The van der Waals surface area contributed by atoms with E-state index in [9.17, 15) is 10.2 Å². The van der Waals surface area contributed by atoms with Crippen LogP contribution in [0, 0.1) is 0 Å². The number of fused-ring (bicyclic) bond motifs is 3. The second kappa shape index (κ2) is 4.50. The number of aromatic hydroxyl groups is 1. The summed E-state index contributed by atoms with van der Waals surface area (Å²) in [6.07, 6.45) is 6.36. The van der Waals surface area contributed by atoms with Crippen molar-refractivity contribution in [2.75, 3.05) is 6.54 Å². The Morgan fingerprint density at radius 1 is 1.16 bits per heavy atom. The van der Waals surface area contributed by atoms with E-state index in [-0.39, 0.29) is 5.41 Å². The molecule has 3 heteroatoms. The van der Waals surface area contributed by atoms with Gasteiger partial charge in [0.05, 0.1) is 5.60 Å². The number of phenolic OH excluding ortho intramolecular Hbond substituents is 1. The minimum atomic E-state index is -0.684. The van der Waals surface area contributed by atoms with Crippen molar-refractivity contribution < 1.29 is 10.2 Å². The lowest BCUT2D eigenvalue weighted by Crippen LogP contribution is -2.57. The summed E-state index contributed by atoms with van der Waals surface area (Å²) in [5.74, 6) is 0.339. The van der Waals surface area contributed by atoms with Crippen molar-refractivity contribution in [2.45, 2.75) is 56.0 Å². The second-order valence-electron chi connectivity index (χ2n) is 6.17. The molecule has 4 N–H and O–H groups in total. The summed E-state index contributed by atoms with van der Waals surface area (Å²) >= 11 is 0. The summed E-state index contributed by atoms with van der Waals surface area (Å²) < 4.78 is 0. The Balaban J connectivity index is 2.21. The highest BCUT2D eigenvalue weighted by Gasteiger charge is 2.55. The fraction of sp³-hybridized carbons (Fsp3) is 0.625. The van der Waals surface area contributed by atoms with Crippen LogP contribution in [0.25, 0.3) is 0 Å². The van der Waals surface area contributed by atoms with Crippen molar-refractivity contribution in [1.82, 2.24) is 0 Å². The third-order valence-corrected chi connectivity index (χ3v) is 5.32. The summed E-state index contributed by atoms with van der Waals surface area (Å²) in [7, 11) is 0. The van der Waals surface area contributed by atoms with Crippen LogP contribution in [0.5, 0.6) is 5.75 Å². The molecule has 0 radical (unpaired) electrons. The molecule has 2 aliphatic rings. The van der Waals surface area contributed by atoms with Gasteiger partial charge in [0.2, 0.25) is 0 Å². The minimum Gasteiger partial charge on any atom is -0.508 e. The molecule has 0 heterocycles. The third kappa shape index (κ3) is 1.72. The number of nitrogens with two attached hydrogens (primary N) is 1. The van der Waals surface area contributed by atoms with Gasteiger partial charge in [-0.05, 0) is 50.3 Å². The molecule has 1 saturated carbocycles. The molecular weight excluding hydrogens is 238 g/mol. The van der Waals surface area contributed by atoms with Gasteiger partial charge in [-0.1, -0.05) is 25.0 Å². The van der Waals surface area contributed by atoms with Gasteiger partial charge in [0, 0.05) is 11.0 Å². The maximum Gasteiger partial charge on any atom is 0.119 e. The number of phenols is 1.